The first-order chi connectivity index (χ1) is 14.1. The van der Waals surface area contributed by atoms with Crippen molar-refractivity contribution in [3.8, 4) is 0 Å². The number of hydrogen-bond acceptors (Lipinski definition) is 3. The molecule has 7 heteroatoms. The smallest absolute Gasteiger partial charge is 0.251 e. The molecule has 2 aromatic carbocycles. The Kier molecular flexibility index (Phi) is 7.36. The summed E-state index contributed by atoms with van der Waals surface area (Å²) in [5.41, 5.74) is 2.87. The Hall–Kier alpha value is -2.73. The molecule has 6 nitrogen and oxygen atoms in total. The van der Waals surface area contributed by atoms with Crippen molar-refractivity contribution in [3.05, 3.63) is 64.7 Å². The van der Waals surface area contributed by atoms with Gasteiger partial charge in [0, 0.05) is 51.9 Å². The summed E-state index contributed by atoms with van der Waals surface area (Å²) in [6, 6.07) is 15.6. The summed E-state index contributed by atoms with van der Waals surface area (Å²) in [5.74, 6) is 0.843. The summed E-state index contributed by atoms with van der Waals surface area (Å²) in [4.78, 5) is 20.9. The number of piperazine rings is 1. The fourth-order valence-electron chi connectivity index (χ4n) is 3.42. The molecule has 2 aromatic rings. The van der Waals surface area contributed by atoms with Crippen LogP contribution in [0.3, 0.4) is 0 Å². The maximum atomic E-state index is 11.9. The molecule has 0 aliphatic carbocycles. The van der Waals surface area contributed by atoms with E-state index in [-0.39, 0.29) is 5.91 Å². The van der Waals surface area contributed by atoms with Crippen LogP contribution >= 0.6 is 11.6 Å². The van der Waals surface area contributed by atoms with Crippen molar-refractivity contribution >= 4 is 29.2 Å². The standard InChI is InChI=1S/C22H28ClN5O/c1-3-25-21(29)18-10-8-17(9-11-18)16-26-22(24-2)28-14-12-27(13-15-28)20-7-5-4-6-19(20)23/h4-11H,3,12-16H2,1-2H3,(H,24,26)(H,25,29). The summed E-state index contributed by atoms with van der Waals surface area (Å²) in [7, 11) is 1.81. The van der Waals surface area contributed by atoms with E-state index in [4.69, 9.17) is 11.6 Å². The van der Waals surface area contributed by atoms with Gasteiger partial charge in [-0.3, -0.25) is 9.79 Å². The molecule has 1 fully saturated rings. The van der Waals surface area contributed by atoms with E-state index < -0.39 is 0 Å². The SMILES string of the molecule is CCNC(=O)c1ccc(CNC(=NC)N2CCN(c3ccccc3Cl)CC2)cc1. The van der Waals surface area contributed by atoms with Crippen LogP contribution in [0.2, 0.25) is 5.02 Å². The summed E-state index contributed by atoms with van der Waals surface area (Å²) in [6.07, 6.45) is 0. The van der Waals surface area contributed by atoms with Crippen molar-refractivity contribution in [2.75, 3.05) is 44.7 Å². The normalized spacial score (nSPS) is 14.7. The van der Waals surface area contributed by atoms with Crippen molar-refractivity contribution in [2.45, 2.75) is 13.5 Å². The van der Waals surface area contributed by atoms with Gasteiger partial charge in [-0.1, -0.05) is 35.9 Å². The van der Waals surface area contributed by atoms with Gasteiger partial charge in [0.2, 0.25) is 0 Å². The number of carbonyl (C=O) groups excluding carboxylic acids is 1. The second-order valence-electron chi connectivity index (χ2n) is 6.88. The molecule has 1 aliphatic rings. The predicted octanol–water partition coefficient (Wildman–Crippen LogP) is 2.99. The van der Waals surface area contributed by atoms with E-state index in [1.807, 2.05) is 49.4 Å². The summed E-state index contributed by atoms with van der Waals surface area (Å²) >= 11 is 6.33. The number of nitrogens with one attached hydrogen (secondary N) is 2. The van der Waals surface area contributed by atoms with Crippen LogP contribution in [0.4, 0.5) is 5.69 Å². The van der Waals surface area contributed by atoms with Crippen LogP contribution in [0.5, 0.6) is 0 Å². The zero-order valence-electron chi connectivity index (χ0n) is 17.0. The van der Waals surface area contributed by atoms with Crippen LogP contribution in [0.25, 0.3) is 0 Å². The first-order valence-corrected chi connectivity index (χ1v) is 10.3. The first-order valence-electron chi connectivity index (χ1n) is 9.94. The van der Waals surface area contributed by atoms with Crippen LogP contribution in [0, 0.1) is 0 Å². The minimum absolute atomic E-state index is 0.0424. The molecule has 1 heterocycles. The minimum Gasteiger partial charge on any atom is -0.367 e. The highest BCUT2D eigenvalue weighted by Gasteiger charge is 2.20. The van der Waals surface area contributed by atoms with E-state index in [0.29, 0.717) is 18.7 Å². The topological polar surface area (TPSA) is 60.0 Å². The van der Waals surface area contributed by atoms with Gasteiger partial charge >= 0.3 is 0 Å². The lowest BCUT2D eigenvalue weighted by atomic mass is 10.1. The van der Waals surface area contributed by atoms with Gasteiger partial charge in [-0.25, -0.2) is 0 Å². The molecule has 0 spiro atoms. The quantitative estimate of drug-likeness (QED) is 0.584. The molecule has 0 radical (unpaired) electrons. The van der Waals surface area contributed by atoms with E-state index in [0.717, 1.165) is 48.4 Å². The zero-order chi connectivity index (χ0) is 20.6. The van der Waals surface area contributed by atoms with E-state index in [1.165, 1.54) is 0 Å². The number of nitrogens with zero attached hydrogens (tertiary/aromatic N) is 3. The van der Waals surface area contributed by atoms with Gasteiger partial charge in [-0.15, -0.1) is 0 Å². The molecule has 1 aliphatic heterocycles. The highest BCUT2D eigenvalue weighted by molar-refractivity contribution is 6.33. The van der Waals surface area contributed by atoms with E-state index in [2.05, 4.69) is 31.5 Å². The molecular formula is C22H28ClN5O. The van der Waals surface area contributed by atoms with Gasteiger partial charge < -0.3 is 20.4 Å². The van der Waals surface area contributed by atoms with Crippen molar-refractivity contribution in [2.24, 2.45) is 4.99 Å². The number of carbonyl (C=O) groups is 1. The van der Waals surface area contributed by atoms with Gasteiger partial charge in [0.15, 0.2) is 5.96 Å². The third-order valence-corrected chi connectivity index (χ3v) is 5.31. The molecule has 2 N–H and O–H groups in total. The first kappa shape index (κ1) is 21.0. The molecule has 0 saturated carbocycles. The van der Waals surface area contributed by atoms with Crippen LogP contribution < -0.4 is 15.5 Å². The van der Waals surface area contributed by atoms with Crippen LogP contribution in [-0.4, -0.2) is 56.5 Å². The second-order valence-corrected chi connectivity index (χ2v) is 7.29. The molecule has 0 unspecified atom stereocenters. The van der Waals surface area contributed by atoms with E-state index in [1.54, 1.807) is 7.05 Å². The molecule has 0 bridgehead atoms. The third kappa shape index (κ3) is 5.41. The Balaban J connectivity index is 1.52. The number of rotatable bonds is 5. The molecule has 1 amide bonds. The van der Waals surface area contributed by atoms with Crippen molar-refractivity contribution in [3.63, 3.8) is 0 Å². The largest absolute Gasteiger partial charge is 0.367 e. The van der Waals surface area contributed by atoms with Crippen LogP contribution in [0.15, 0.2) is 53.5 Å². The Morgan fingerprint density at radius 1 is 1.03 bits per heavy atom. The fraction of sp³-hybridized carbons (Fsp3) is 0.364. The van der Waals surface area contributed by atoms with Crippen molar-refractivity contribution in [1.29, 1.82) is 0 Å². The molecule has 29 heavy (non-hydrogen) atoms. The van der Waals surface area contributed by atoms with Gasteiger partial charge in [-0.2, -0.15) is 0 Å². The van der Waals surface area contributed by atoms with Crippen LogP contribution in [-0.2, 0) is 6.54 Å². The van der Waals surface area contributed by atoms with Gasteiger partial charge in [0.25, 0.3) is 5.91 Å². The number of benzene rings is 2. The lowest BCUT2D eigenvalue weighted by Crippen LogP contribution is -2.52. The monoisotopic (exact) mass is 413 g/mol. The van der Waals surface area contributed by atoms with Gasteiger partial charge in [0.05, 0.1) is 10.7 Å². The number of aliphatic imine (C=N–C) groups is 1. The summed E-state index contributed by atoms with van der Waals surface area (Å²) < 4.78 is 0. The number of guanidine groups is 1. The molecule has 0 atom stereocenters. The molecule has 0 aromatic heterocycles. The second kappa shape index (κ2) is 10.2. The molecular weight excluding hydrogens is 386 g/mol. The van der Waals surface area contributed by atoms with E-state index in [9.17, 15) is 4.79 Å². The Morgan fingerprint density at radius 2 is 1.72 bits per heavy atom. The predicted molar refractivity (Wildman–Crippen MR) is 120 cm³/mol. The highest BCUT2D eigenvalue weighted by atomic mass is 35.5. The maximum Gasteiger partial charge on any atom is 0.251 e. The summed E-state index contributed by atoms with van der Waals surface area (Å²) in [5, 5.41) is 7.03. The zero-order valence-corrected chi connectivity index (χ0v) is 17.7. The number of halogens is 1. The molecule has 3 rings (SSSR count). The number of para-hydroxylation sites is 1. The Morgan fingerprint density at radius 3 is 2.34 bits per heavy atom. The Bertz CT molecular complexity index is 845. The minimum atomic E-state index is -0.0424. The van der Waals surface area contributed by atoms with Crippen molar-refractivity contribution in [1.82, 2.24) is 15.5 Å². The van der Waals surface area contributed by atoms with E-state index >= 15 is 0 Å². The number of anilines is 1. The highest BCUT2D eigenvalue weighted by Crippen LogP contribution is 2.26. The van der Waals surface area contributed by atoms with Gasteiger partial charge in [0.1, 0.15) is 0 Å². The molecule has 1 saturated heterocycles. The number of hydrogen-bond donors (Lipinski definition) is 2. The summed E-state index contributed by atoms with van der Waals surface area (Å²) in [6.45, 7) is 6.74. The average molecular weight is 414 g/mol. The third-order valence-electron chi connectivity index (χ3n) is 4.99. The van der Waals surface area contributed by atoms with Gasteiger partial charge in [-0.05, 0) is 36.8 Å². The average Bonchev–Trinajstić information content (AvgIpc) is 2.76. The maximum absolute atomic E-state index is 11.9. The fourth-order valence-corrected chi connectivity index (χ4v) is 3.67. The Labute approximate surface area is 177 Å². The lowest BCUT2D eigenvalue weighted by molar-refractivity contribution is 0.0956. The lowest BCUT2D eigenvalue weighted by Gasteiger charge is -2.38. The molecule has 154 valence electrons. The number of amides is 1. The van der Waals surface area contributed by atoms with Crippen molar-refractivity contribution < 1.29 is 4.79 Å². The van der Waals surface area contributed by atoms with Crippen LogP contribution in [0.1, 0.15) is 22.8 Å².